The first-order valence-corrected chi connectivity index (χ1v) is 10.4. The van der Waals surface area contributed by atoms with Crippen LogP contribution in [0.1, 0.15) is 16.7 Å². The zero-order chi connectivity index (χ0) is 24.6. The van der Waals surface area contributed by atoms with E-state index in [0.717, 1.165) is 0 Å². The smallest absolute Gasteiger partial charge is 0.419 e. The highest BCUT2D eigenvalue weighted by Crippen LogP contribution is 2.39. The fourth-order valence-electron chi connectivity index (χ4n) is 2.86. The Morgan fingerprint density at radius 2 is 1.82 bits per heavy atom. The molecule has 33 heavy (non-hydrogen) atoms. The van der Waals surface area contributed by atoms with Crippen LogP contribution in [0.3, 0.4) is 0 Å². The van der Waals surface area contributed by atoms with Crippen molar-refractivity contribution in [2.75, 3.05) is 5.32 Å². The minimum absolute atomic E-state index is 0.224. The third-order valence-electron chi connectivity index (χ3n) is 4.36. The van der Waals surface area contributed by atoms with Gasteiger partial charge < -0.3 is 9.87 Å². The van der Waals surface area contributed by atoms with Gasteiger partial charge in [0.15, 0.2) is 0 Å². The first-order chi connectivity index (χ1) is 15.3. The highest BCUT2D eigenvalue weighted by atomic mass is 35.5. The lowest BCUT2D eigenvalue weighted by Gasteiger charge is -2.18. The molecule has 3 rings (SSSR count). The van der Waals surface area contributed by atoms with Gasteiger partial charge in [0.1, 0.15) is 5.69 Å². The first-order valence-electron chi connectivity index (χ1n) is 8.84. The molecule has 1 unspecified atom stereocenters. The third kappa shape index (κ3) is 5.79. The van der Waals surface area contributed by atoms with Gasteiger partial charge in [0.25, 0.3) is 0 Å². The summed E-state index contributed by atoms with van der Waals surface area (Å²) < 4.78 is 92.3. The molecule has 176 valence electrons. The molecule has 0 saturated heterocycles. The lowest BCUT2D eigenvalue weighted by Crippen LogP contribution is -2.22. The van der Waals surface area contributed by atoms with Gasteiger partial charge in [-0.05, 0) is 17.7 Å². The second-order valence-electron chi connectivity index (χ2n) is 6.65. The molecule has 0 aliphatic heterocycles. The SMILES string of the molecule is N[S+]([O-])c1cc(NC(=O)Cc2ccccc2Cl)c(C(F)(F)F)cc1-n1cc(C(F)(F)F)cn1. The summed E-state index contributed by atoms with van der Waals surface area (Å²) in [7, 11) is 0. The van der Waals surface area contributed by atoms with Crippen LogP contribution in [0, 0.1) is 0 Å². The van der Waals surface area contributed by atoms with Gasteiger partial charge in [0, 0.05) is 17.3 Å². The van der Waals surface area contributed by atoms with Crippen molar-refractivity contribution in [3.8, 4) is 5.69 Å². The van der Waals surface area contributed by atoms with E-state index in [0.29, 0.717) is 34.8 Å². The van der Waals surface area contributed by atoms with Gasteiger partial charge in [-0.25, -0.2) is 4.68 Å². The fourth-order valence-corrected chi connectivity index (χ4v) is 3.65. The molecule has 0 radical (unpaired) electrons. The lowest BCUT2D eigenvalue weighted by atomic mass is 10.1. The van der Waals surface area contributed by atoms with Gasteiger partial charge in [0.05, 0.1) is 40.8 Å². The van der Waals surface area contributed by atoms with Gasteiger partial charge in [-0.3, -0.25) is 4.79 Å². The normalized spacial score (nSPS) is 13.1. The number of carbonyl (C=O) groups is 1. The number of anilines is 1. The van der Waals surface area contributed by atoms with Crippen molar-refractivity contribution in [2.45, 2.75) is 23.7 Å². The van der Waals surface area contributed by atoms with Crippen LogP contribution in [0.2, 0.25) is 5.02 Å². The molecule has 6 nitrogen and oxygen atoms in total. The molecule has 1 aromatic heterocycles. The topological polar surface area (TPSA) is 96.0 Å². The number of amides is 1. The molecule has 3 N–H and O–H groups in total. The summed E-state index contributed by atoms with van der Waals surface area (Å²) in [5.41, 5.74) is -3.66. The van der Waals surface area contributed by atoms with Gasteiger partial charge in [-0.2, -0.15) is 31.4 Å². The summed E-state index contributed by atoms with van der Waals surface area (Å²) in [6.07, 6.45) is -9.37. The Balaban J connectivity index is 2.06. The van der Waals surface area contributed by atoms with Gasteiger partial charge >= 0.3 is 12.4 Å². The minimum atomic E-state index is -5.03. The number of benzene rings is 2. The summed E-state index contributed by atoms with van der Waals surface area (Å²) in [5, 5.41) is 11.1. The molecule has 1 atom stereocenters. The molecular formula is C19H13ClF6N4O2S. The maximum atomic E-state index is 13.7. The molecule has 0 spiro atoms. The van der Waals surface area contributed by atoms with Gasteiger partial charge in [-0.1, -0.05) is 29.8 Å². The van der Waals surface area contributed by atoms with Crippen molar-refractivity contribution in [3.05, 3.63) is 70.5 Å². The van der Waals surface area contributed by atoms with Crippen molar-refractivity contribution in [2.24, 2.45) is 5.14 Å². The zero-order valence-corrected chi connectivity index (χ0v) is 17.7. The Morgan fingerprint density at radius 1 is 1.15 bits per heavy atom. The summed E-state index contributed by atoms with van der Waals surface area (Å²) >= 11 is 3.52. The Hall–Kier alpha value is -2.74. The minimum Gasteiger partial charge on any atom is -0.593 e. The van der Waals surface area contributed by atoms with E-state index >= 15 is 0 Å². The maximum absolute atomic E-state index is 13.7. The Kier molecular flexibility index (Phi) is 6.98. The fraction of sp³-hybridized carbons (Fsp3) is 0.158. The molecule has 1 heterocycles. The van der Waals surface area contributed by atoms with Crippen LogP contribution in [0.15, 0.2) is 53.7 Å². The Labute approximate surface area is 190 Å². The number of hydrogen-bond acceptors (Lipinski definition) is 4. The number of nitrogens with one attached hydrogen (secondary N) is 1. The average Bonchev–Trinajstić information content (AvgIpc) is 3.19. The average molecular weight is 511 g/mol. The summed E-state index contributed by atoms with van der Waals surface area (Å²) in [5.74, 6) is -0.867. The van der Waals surface area contributed by atoms with Gasteiger partial charge in [0.2, 0.25) is 10.8 Å². The number of halogens is 7. The standard InChI is InChI=1S/C19H13ClF6N4O2S/c20-13-4-2-1-3-10(13)5-17(31)29-14-7-16(33(27)32)15(6-12(14)19(24,25)26)30-9-11(8-28-30)18(21,22)23/h1-4,6-9H,5,27H2,(H,29,31). The van der Waals surface area contributed by atoms with Crippen LogP contribution in [0.25, 0.3) is 5.69 Å². The molecular weight excluding hydrogens is 498 g/mol. The van der Waals surface area contributed by atoms with Crippen LogP contribution < -0.4 is 10.5 Å². The van der Waals surface area contributed by atoms with Crippen LogP contribution in [0.5, 0.6) is 0 Å². The zero-order valence-electron chi connectivity index (χ0n) is 16.2. The Bertz CT molecular complexity index is 1180. The maximum Gasteiger partial charge on any atom is 0.419 e. The van der Waals surface area contributed by atoms with E-state index in [4.69, 9.17) is 16.7 Å². The summed E-state index contributed by atoms with van der Waals surface area (Å²) in [4.78, 5) is 11.9. The van der Waals surface area contributed by atoms with Crippen molar-refractivity contribution in [1.82, 2.24) is 9.78 Å². The largest absolute Gasteiger partial charge is 0.593 e. The summed E-state index contributed by atoms with van der Waals surface area (Å²) in [6.45, 7) is 0. The number of alkyl halides is 6. The van der Waals surface area contributed by atoms with Crippen molar-refractivity contribution in [1.29, 1.82) is 0 Å². The van der Waals surface area contributed by atoms with E-state index in [-0.39, 0.29) is 11.4 Å². The molecule has 3 aromatic rings. The second-order valence-corrected chi connectivity index (χ2v) is 8.09. The number of aromatic nitrogens is 2. The second kappa shape index (κ2) is 9.25. The van der Waals surface area contributed by atoms with Crippen molar-refractivity contribution < 1.29 is 35.7 Å². The molecule has 2 aromatic carbocycles. The van der Waals surface area contributed by atoms with E-state index in [2.05, 4.69) is 10.4 Å². The molecule has 0 aliphatic rings. The van der Waals surface area contributed by atoms with Crippen LogP contribution in [-0.4, -0.2) is 20.2 Å². The van der Waals surface area contributed by atoms with E-state index in [1.165, 1.54) is 12.1 Å². The number of nitrogens with zero attached hydrogens (tertiary/aromatic N) is 2. The van der Waals surface area contributed by atoms with Gasteiger partial charge in [-0.15, -0.1) is 5.14 Å². The summed E-state index contributed by atoms with van der Waals surface area (Å²) in [6, 6.07) is 7.29. The number of rotatable bonds is 5. The number of nitrogens with two attached hydrogens (primary N) is 1. The molecule has 14 heteroatoms. The van der Waals surface area contributed by atoms with Crippen LogP contribution in [0.4, 0.5) is 32.0 Å². The lowest BCUT2D eigenvalue weighted by molar-refractivity contribution is -0.138. The predicted molar refractivity (Wildman–Crippen MR) is 108 cm³/mol. The molecule has 0 fully saturated rings. The third-order valence-corrected chi connectivity index (χ3v) is 5.49. The predicted octanol–water partition coefficient (Wildman–Crippen LogP) is 4.73. The Morgan fingerprint density at radius 3 is 2.36 bits per heavy atom. The van der Waals surface area contributed by atoms with E-state index in [1.54, 1.807) is 12.1 Å². The van der Waals surface area contributed by atoms with E-state index < -0.39 is 57.0 Å². The van der Waals surface area contributed by atoms with E-state index in [9.17, 15) is 35.7 Å². The van der Waals surface area contributed by atoms with Crippen LogP contribution in [-0.2, 0) is 34.9 Å². The molecule has 0 aliphatic carbocycles. The number of carbonyl (C=O) groups excluding carboxylic acids is 1. The van der Waals surface area contributed by atoms with E-state index in [1.807, 2.05) is 0 Å². The quantitative estimate of drug-likeness (QED) is 0.383. The monoisotopic (exact) mass is 510 g/mol. The first kappa shape index (κ1) is 24.9. The van der Waals surface area contributed by atoms with Crippen LogP contribution >= 0.6 is 11.6 Å². The van der Waals surface area contributed by atoms with Crippen molar-refractivity contribution >= 4 is 34.6 Å². The van der Waals surface area contributed by atoms with Crippen molar-refractivity contribution in [3.63, 3.8) is 0 Å². The number of hydrogen-bond donors (Lipinski definition) is 2. The molecule has 0 bridgehead atoms. The highest BCUT2D eigenvalue weighted by Gasteiger charge is 2.38. The molecule has 0 saturated carbocycles. The molecule has 1 amide bonds. The highest BCUT2D eigenvalue weighted by molar-refractivity contribution is 7.89.